The molecule has 0 aromatic heterocycles. The lowest BCUT2D eigenvalue weighted by Gasteiger charge is -2.41. The van der Waals surface area contributed by atoms with E-state index in [1.165, 1.54) is 6.42 Å². The molecule has 0 amide bonds. The zero-order valence-electron chi connectivity index (χ0n) is 20.4. The van der Waals surface area contributed by atoms with Crippen LogP contribution in [0, 0.1) is 45.8 Å². The van der Waals surface area contributed by atoms with E-state index in [0.717, 1.165) is 43.3 Å². The zero-order chi connectivity index (χ0) is 23.1. The van der Waals surface area contributed by atoms with Crippen molar-refractivity contribution in [3.63, 3.8) is 0 Å². The van der Waals surface area contributed by atoms with E-state index in [-0.39, 0.29) is 41.8 Å². The molecule has 176 valence electrons. The second-order valence-corrected chi connectivity index (χ2v) is 12.5. The number of aliphatic hydroxyl groups is 1. The summed E-state index contributed by atoms with van der Waals surface area (Å²) in [6.07, 6.45) is 10.7. The minimum atomic E-state index is -0.593. The standard InChI is InChI=1S/C28H40O4/c1-16-14-28-17(2)11-20-22(26(20,3)4)19(24(28)30)12-18(15-29)13-21(28)23(16)32-25(31)27(5)9-7-6-8-10-27/h12,14,17,19-23,29H,6-11,13,15H2,1-5H3/t17-,19+,20-,21-,22+,23+,28-/m1/s1. The van der Waals surface area contributed by atoms with Gasteiger partial charge in [0, 0.05) is 11.8 Å². The van der Waals surface area contributed by atoms with Crippen LogP contribution in [0.3, 0.4) is 0 Å². The summed E-state index contributed by atoms with van der Waals surface area (Å²) in [4.78, 5) is 27.7. The first-order valence-corrected chi connectivity index (χ1v) is 12.8. The molecule has 7 atom stereocenters. The van der Waals surface area contributed by atoms with Crippen LogP contribution < -0.4 is 0 Å². The molecule has 0 aromatic rings. The Bertz CT molecular complexity index is 889. The number of hydrogen-bond acceptors (Lipinski definition) is 4. The number of ketones is 1. The summed E-state index contributed by atoms with van der Waals surface area (Å²) in [5.74, 6) is 1.06. The molecule has 32 heavy (non-hydrogen) atoms. The number of rotatable bonds is 3. The molecule has 3 saturated carbocycles. The smallest absolute Gasteiger partial charge is 0.312 e. The van der Waals surface area contributed by atoms with Crippen molar-refractivity contribution in [3.05, 3.63) is 23.3 Å². The maximum Gasteiger partial charge on any atom is 0.312 e. The van der Waals surface area contributed by atoms with Crippen LogP contribution in [0.5, 0.6) is 0 Å². The van der Waals surface area contributed by atoms with Crippen molar-refractivity contribution in [2.75, 3.05) is 6.61 Å². The highest BCUT2D eigenvalue weighted by atomic mass is 16.5. The summed E-state index contributed by atoms with van der Waals surface area (Å²) in [6.45, 7) is 10.9. The molecule has 0 saturated heterocycles. The van der Waals surface area contributed by atoms with Crippen molar-refractivity contribution < 1.29 is 19.4 Å². The SMILES string of the molecule is CC1=C[C@]23C(=O)[C@@H](C=C(CO)C[C@@H]2[C@H]1OC(=O)C1(C)CCCCC1)[C@H]1[C@@H](C[C@H]3C)C1(C)C. The normalized spacial score (nSPS) is 43.8. The molecular weight excluding hydrogens is 400 g/mol. The van der Waals surface area contributed by atoms with Crippen LogP contribution in [0.25, 0.3) is 0 Å². The fourth-order valence-corrected chi connectivity index (χ4v) is 8.26. The Morgan fingerprint density at radius 1 is 1.16 bits per heavy atom. The monoisotopic (exact) mass is 440 g/mol. The van der Waals surface area contributed by atoms with E-state index in [0.29, 0.717) is 24.0 Å². The summed E-state index contributed by atoms with van der Waals surface area (Å²) < 4.78 is 6.32. The third kappa shape index (κ3) is 2.97. The maximum atomic E-state index is 14.3. The van der Waals surface area contributed by atoms with Gasteiger partial charge in [-0.25, -0.2) is 0 Å². The molecule has 5 aliphatic carbocycles. The largest absolute Gasteiger partial charge is 0.457 e. The second-order valence-electron chi connectivity index (χ2n) is 12.5. The lowest BCUT2D eigenvalue weighted by Crippen LogP contribution is -2.47. The molecule has 2 bridgehead atoms. The highest BCUT2D eigenvalue weighted by Crippen LogP contribution is 2.71. The van der Waals surface area contributed by atoms with Gasteiger partial charge in [0.1, 0.15) is 6.10 Å². The van der Waals surface area contributed by atoms with Crippen LogP contribution in [0.1, 0.15) is 79.6 Å². The molecule has 0 aromatic carbocycles. The Labute approximate surface area is 192 Å². The Morgan fingerprint density at radius 2 is 1.84 bits per heavy atom. The Kier molecular flexibility index (Phi) is 5.10. The number of esters is 1. The Hall–Kier alpha value is -1.42. The number of Topliss-reactive ketones (excluding diaryl/α,β-unsaturated/α-hetero) is 1. The third-order valence-corrected chi connectivity index (χ3v) is 10.4. The number of allylic oxidation sites excluding steroid dienone is 2. The van der Waals surface area contributed by atoms with E-state index in [1.807, 2.05) is 6.92 Å². The number of aliphatic hydroxyl groups excluding tert-OH is 1. The first kappa shape index (κ1) is 22.4. The minimum Gasteiger partial charge on any atom is -0.457 e. The highest BCUT2D eigenvalue weighted by molar-refractivity contribution is 5.94. The van der Waals surface area contributed by atoms with Crippen LogP contribution in [-0.4, -0.2) is 29.6 Å². The van der Waals surface area contributed by atoms with Crippen LogP contribution in [-0.2, 0) is 14.3 Å². The van der Waals surface area contributed by atoms with Crippen LogP contribution in [0.4, 0.5) is 0 Å². The number of ether oxygens (including phenoxy) is 1. The quantitative estimate of drug-likeness (QED) is 0.481. The average molecular weight is 441 g/mol. The fraction of sp³-hybridized carbons (Fsp3) is 0.786. The van der Waals surface area contributed by atoms with Gasteiger partial charge >= 0.3 is 5.97 Å². The summed E-state index contributed by atoms with van der Waals surface area (Å²) in [5.41, 5.74) is 1.13. The number of carbonyl (C=O) groups is 2. The van der Waals surface area contributed by atoms with Gasteiger partial charge in [0.05, 0.1) is 17.4 Å². The maximum absolute atomic E-state index is 14.3. The molecule has 0 heterocycles. The topological polar surface area (TPSA) is 63.6 Å². The first-order chi connectivity index (χ1) is 15.1. The predicted molar refractivity (Wildman–Crippen MR) is 124 cm³/mol. The van der Waals surface area contributed by atoms with E-state index in [1.54, 1.807) is 0 Å². The fourth-order valence-electron chi connectivity index (χ4n) is 8.26. The zero-order valence-corrected chi connectivity index (χ0v) is 20.4. The first-order valence-electron chi connectivity index (χ1n) is 12.8. The molecule has 5 rings (SSSR count). The molecule has 4 heteroatoms. The molecule has 5 aliphatic rings. The van der Waals surface area contributed by atoms with Crippen molar-refractivity contribution in [1.82, 2.24) is 0 Å². The van der Waals surface area contributed by atoms with Gasteiger partial charge in [0.25, 0.3) is 0 Å². The van der Waals surface area contributed by atoms with Crippen LogP contribution in [0.15, 0.2) is 23.3 Å². The molecular formula is C28H40O4. The molecule has 0 unspecified atom stereocenters. The van der Waals surface area contributed by atoms with Crippen molar-refractivity contribution in [2.45, 2.75) is 85.7 Å². The summed E-state index contributed by atoms with van der Waals surface area (Å²) in [5, 5.41) is 10.2. The third-order valence-electron chi connectivity index (χ3n) is 10.4. The van der Waals surface area contributed by atoms with Gasteiger partial charge in [-0.1, -0.05) is 52.2 Å². The van der Waals surface area contributed by atoms with Gasteiger partial charge in [-0.3, -0.25) is 9.59 Å². The van der Waals surface area contributed by atoms with Gasteiger partial charge in [-0.15, -0.1) is 0 Å². The highest BCUT2D eigenvalue weighted by Gasteiger charge is 2.70. The van der Waals surface area contributed by atoms with E-state index < -0.39 is 10.8 Å². The van der Waals surface area contributed by atoms with Gasteiger partial charge in [-0.05, 0) is 73.8 Å². The Morgan fingerprint density at radius 3 is 2.50 bits per heavy atom. The van der Waals surface area contributed by atoms with Gasteiger partial charge < -0.3 is 9.84 Å². The van der Waals surface area contributed by atoms with E-state index in [4.69, 9.17) is 4.74 Å². The number of hydrogen-bond donors (Lipinski definition) is 1. The number of carbonyl (C=O) groups excluding carboxylic acids is 2. The Balaban J connectivity index is 1.52. The van der Waals surface area contributed by atoms with E-state index >= 15 is 0 Å². The lowest BCUT2D eigenvalue weighted by atomic mass is 9.62. The molecule has 1 N–H and O–H groups in total. The molecule has 0 aliphatic heterocycles. The van der Waals surface area contributed by atoms with Gasteiger partial charge in [0.2, 0.25) is 0 Å². The van der Waals surface area contributed by atoms with E-state index in [2.05, 4.69) is 39.8 Å². The van der Waals surface area contributed by atoms with E-state index in [9.17, 15) is 14.7 Å². The van der Waals surface area contributed by atoms with Crippen molar-refractivity contribution >= 4 is 11.8 Å². The summed E-state index contributed by atoms with van der Waals surface area (Å²) >= 11 is 0. The summed E-state index contributed by atoms with van der Waals surface area (Å²) in [6, 6.07) is 0. The lowest BCUT2D eigenvalue weighted by molar-refractivity contribution is -0.166. The van der Waals surface area contributed by atoms with Crippen molar-refractivity contribution in [2.24, 2.45) is 45.8 Å². The van der Waals surface area contributed by atoms with Gasteiger partial charge in [0.15, 0.2) is 5.78 Å². The van der Waals surface area contributed by atoms with Crippen molar-refractivity contribution in [3.8, 4) is 0 Å². The predicted octanol–water partition coefficient (Wildman–Crippen LogP) is 5.25. The van der Waals surface area contributed by atoms with Gasteiger partial charge in [-0.2, -0.15) is 0 Å². The number of fused-ring (bicyclic) bond motifs is 3. The molecule has 1 spiro atoms. The summed E-state index contributed by atoms with van der Waals surface area (Å²) in [7, 11) is 0. The molecule has 3 fully saturated rings. The van der Waals surface area contributed by atoms with Crippen molar-refractivity contribution in [1.29, 1.82) is 0 Å². The molecule has 4 nitrogen and oxygen atoms in total. The van der Waals surface area contributed by atoms with Crippen LogP contribution in [0.2, 0.25) is 0 Å². The van der Waals surface area contributed by atoms with Crippen LogP contribution >= 0.6 is 0 Å². The second kappa shape index (κ2) is 7.29. The molecule has 0 radical (unpaired) electrons. The minimum absolute atomic E-state index is 0.0278. The average Bonchev–Trinajstić information content (AvgIpc) is 3.23.